The highest BCUT2D eigenvalue weighted by molar-refractivity contribution is 6.18. The molecule has 1 atom stereocenters. The molecule has 1 fully saturated rings. The number of allylic oxidation sites excluding steroid dienone is 12. The molecule has 188 valence electrons. The quantitative estimate of drug-likeness (QED) is 0.376. The Morgan fingerprint density at radius 3 is 2.19 bits per heavy atom. The van der Waals surface area contributed by atoms with Crippen molar-refractivity contribution < 1.29 is 5.11 Å². The first kappa shape index (κ1) is 25.6. The molecule has 0 aliphatic carbocycles. The molecule has 5 heteroatoms. The van der Waals surface area contributed by atoms with Gasteiger partial charge in [-0.15, -0.1) is 0 Å². The van der Waals surface area contributed by atoms with E-state index in [9.17, 15) is 5.11 Å². The molecule has 36 heavy (non-hydrogen) atoms. The molecule has 0 amide bonds. The first-order valence-electron chi connectivity index (χ1n) is 13.1. The number of aliphatic hydroxyl groups excluding tert-OH is 1. The van der Waals surface area contributed by atoms with Crippen molar-refractivity contribution in [3.8, 4) is 0 Å². The molecule has 5 aliphatic heterocycles. The zero-order valence-electron chi connectivity index (χ0n) is 22.9. The van der Waals surface area contributed by atoms with E-state index in [0.29, 0.717) is 5.92 Å². The van der Waals surface area contributed by atoms with E-state index >= 15 is 0 Å². The van der Waals surface area contributed by atoms with Crippen molar-refractivity contribution in [2.24, 2.45) is 20.9 Å². The molecule has 0 aromatic heterocycles. The Balaban J connectivity index is 0.000000967. The number of fused-ring (bicyclic) bond motifs is 5. The minimum absolute atomic E-state index is 0.353. The lowest BCUT2D eigenvalue weighted by Crippen LogP contribution is -2.09. The number of nitrogens with one attached hydrogen (secondary N) is 1. The number of nitrogens with zero attached hydrogens (tertiary/aromatic N) is 3. The summed E-state index contributed by atoms with van der Waals surface area (Å²) in [7, 11) is 0. The third kappa shape index (κ3) is 4.55. The summed E-state index contributed by atoms with van der Waals surface area (Å²) in [6, 6.07) is 0. The summed E-state index contributed by atoms with van der Waals surface area (Å²) in [6.45, 7) is 17.0. The molecule has 0 saturated carbocycles. The fraction of sp³-hybridized carbons (Fsp3) is 0.387. The van der Waals surface area contributed by atoms with Crippen LogP contribution in [0.4, 0.5) is 0 Å². The normalized spacial score (nSPS) is 24.1. The molecule has 8 bridgehead atoms. The smallest absolute Gasteiger partial charge is 0.0889 e. The van der Waals surface area contributed by atoms with Crippen LogP contribution < -0.4 is 5.32 Å². The largest absolute Gasteiger partial charge is 0.515 e. The maximum Gasteiger partial charge on any atom is 0.0889 e. The van der Waals surface area contributed by atoms with Gasteiger partial charge < -0.3 is 10.4 Å². The molecular weight excluding hydrogens is 444 g/mol. The van der Waals surface area contributed by atoms with Crippen molar-refractivity contribution in [1.29, 1.82) is 0 Å². The van der Waals surface area contributed by atoms with Gasteiger partial charge in [0.2, 0.25) is 0 Å². The van der Waals surface area contributed by atoms with Gasteiger partial charge in [0.15, 0.2) is 0 Å². The van der Waals surface area contributed by atoms with E-state index < -0.39 is 0 Å². The van der Waals surface area contributed by atoms with Gasteiger partial charge in [-0.25, -0.2) is 15.0 Å². The highest BCUT2D eigenvalue weighted by atomic mass is 16.2. The molecule has 0 aromatic rings. The Bertz CT molecular complexity index is 1350. The summed E-state index contributed by atoms with van der Waals surface area (Å²) >= 11 is 0. The molecule has 0 aromatic carbocycles. The van der Waals surface area contributed by atoms with Crippen LogP contribution in [0.2, 0.25) is 0 Å². The molecule has 0 radical (unpaired) electrons. The van der Waals surface area contributed by atoms with Gasteiger partial charge in [-0.1, -0.05) is 34.1 Å². The van der Waals surface area contributed by atoms with Crippen LogP contribution >= 0.6 is 0 Å². The van der Waals surface area contributed by atoms with E-state index in [-0.39, 0.29) is 0 Å². The summed E-state index contributed by atoms with van der Waals surface area (Å²) in [4.78, 5) is 14.8. The molecule has 1 unspecified atom stereocenters. The standard InChI is InChI=1S/C28H30N4O.C3H8/c1-7-19-16(4)26-12-28-20(13-33)17(5)25(32-28)10-21-14(2)8-23(29-21)18(6)24-9-15(3)22(30-24)11-27(19)31-26;1-3-2/h9-14,29,33H,7-8H2,1-6H3;3H2,1-2H3/b20-13+,21-10?,22-11?,23-18?,26-12?;. The van der Waals surface area contributed by atoms with Gasteiger partial charge in [0.25, 0.3) is 0 Å². The zero-order valence-corrected chi connectivity index (χ0v) is 22.9. The van der Waals surface area contributed by atoms with Crippen molar-refractivity contribution >= 4 is 17.1 Å². The Labute approximate surface area is 215 Å². The third-order valence-electron chi connectivity index (χ3n) is 7.19. The third-order valence-corrected chi connectivity index (χ3v) is 7.19. The topological polar surface area (TPSA) is 69.3 Å². The number of hydrogen-bond acceptors (Lipinski definition) is 5. The fourth-order valence-electron chi connectivity index (χ4n) is 4.97. The maximum atomic E-state index is 10.0. The fourth-order valence-corrected chi connectivity index (χ4v) is 4.97. The predicted molar refractivity (Wildman–Crippen MR) is 152 cm³/mol. The van der Waals surface area contributed by atoms with E-state index in [1.54, 1.807) is 0 Å². The average molecular weight is 483 g/mol. The highest BCUT2D eigenvalue weighted by Gasteiger charge is 2.28. The minimum atomic E-state index is 0.353. The highest BCUT2D eigenvalue weighted by Crippen LogP contribution is 2.36. The van der Waals surface area contributed by atoms with Crippen LogP contribution in [-0.4, -0.2) is 22.2 Å². The van der Waals surface area contributed by atoms with Crippen molar-refractivity contribution in [1.82, 2.24) is 5.32 Å². The van der Waals surface area contributed by atoms with E-state index in [2.05, 4.69) is 72.0 Å². The second kappa shape index (κ2) is 10.3. The lowest BCUT2D eigenvalue weighted by Gasteiger charge is -2.07. The number of aliphatic hydroxyl groups is 1. The molecule has 5 rings (SSSR count). The van der Waals surface area contributed by atoms with E-state index in [1.165, 1.54) is 23.3 Å². The van der Waals surface area contributed by atoms with Gasteiger partial charge in [0.05, 0.1) is 40.5 Å². The lowest BCUT2D eigenvalue weighted by atomic mass is 9.99. The molecule has 5 nitrogen and oxygen atoms in total. The van der Waals surface area contributed by atoms with Crippen LogP contribution in [0.5, 0.6) is 0 Å². The number of aliphatic imine (C=N–C) groups is 3. The molecule has 2 N–H and O–H groups in total. The van der Waals surface area contributed by atoms with Gasteiger partial charge in [0.1, 0.15) is 0 Å². The predicted octanol–water partition coefficient (Wildman–Crippen LogP) is 7.72. The van der Waals surface area contributed by atoms with Gasteiger partial charge >= 0.3 is 0 Å². The van der Waals surface area contributed by atoms with Crippen LogP contribution in [0.25, 0.3) is 0 Å². The SMILES string of the molecule is CCC.CCC1=C(C)C2=CC3=NC(=C(C)/C3=C\O)C=C3NC(=C(C)C4=NC(=CC1=N2)C(C)=C4)CC3C. The minimum Gasteiger partial charge on any atom is -0.515 e. The van der Waals surface area contributed by atoms with Crippen molar-refractivity contribution in [2.45, 2.75) is 74.7 Å². The first-order valence-corrected chi connectivity index (χ1v) is 13.1. The number of hydrogen-bond donors (Lipinski definition) is 2. The summed E-state index contributed by atoms with van der Waals surface area (Å²) in [5.41, 5.74) is 14.2. The Morgan fingerprint density at radius 1 is 0.861 bits per heavy atom. The summed E-state index contributed by atoms with van der Waals surface area (Å²) in [5, 5.41) is 13.6. The molecule has 5 heterocycles. The molecule has 1 saturated heterocycles. The molecular formula is C31H38N4O. The Kier molecular flexibility index (Phi) is 7.30. The van der Waals surface area contributed by atoms with Crippen LogP contribution in [0.15, 0.2) is 107 Å². The lowest BCUT2D eigenvalue weighted by molar-refractivity contribution is 0.471. The molecule has 5 aliphatic rings. The summed E-state index contributed by atoms with van der Waals surface area (Å²) in [5.74, 6) is 0.353. The summed E-state index contributed by atoms with van der Waals surface area (Å²) in [6.07, 6.45) is 12.6. The van der Waals surface area contributed by atoms with Crippen LogP contribution in [0.3, 0.4) is 0 Å². The van der Waals surface area contributed by atoms with Gasteiger partial charge in [-0.05, 0) is 92.7 Å². The second-order valence-corrected chi connectivity index (χ2v) is 10.0. The van der Waals surface area contributed by atoms with Gasteiger partial charge in [-0.3, -0.25) is 0 Å². The zero-order chi connectivity index (χ0) is 26.1. The van der Waals surface area contributed by atoms with E-state index in [4.69, 9.17) is 15.0 Å². The van der Waals surface area contributed by atoms with Gasteiger partial charge in [0, 0.05) is 22.9 Å². The Hall–Kier alpha value is -3.47. The van der Waals surface area contributed by atoms with Crippen molar-refractivity contribution in [3.05, 3.63) is 92.5 Å². The van der Waals surface area contributed by atoms with E-state index in [1.807, 2.05) is 13.0 Å². The van der Waals surface area contributed by atoms with Crippen molar-refractivity contribution in [2.75, 3.05) is 0 Å². The van der Waals surface area contributed by atoms with Crippen LogP contribution in [0, 0.1) is 5.92 Å². The second-order valence-electron chi connectivity index (χ2n) is 10.0. The van der Waals surface area contributed by atoms with E-state index in [0.717, 1.165) is 81.3 Å². The monoisotopic (exact) mass is 482 g/mol. The van der Waals surface area contributed by atoms with Gasteiger partial charge in [-0.2, -0.15) is 0 Å². The average Bonchev–Trinajstić information content (AvgIpc) is 3.55. The van der Waals surface area contributed by atoms with Crippen molar-refractivity contribution in [3.63, 3.8) is 0 Å². The number of rotatable bonds is 1. The Morgan fingerprint density at radius 2 is 1.53 bits per heavy atom. The summed E-state index contributed by atoms with van der Waals surface area (Å²) < 4.78 is 0. The first-order chi connectivity index (χ1) is 17.2. The van der Waals surface area contributed by atoms with Crippen LogP contribution in [0.1, 0.15) is 74.7 Å². The maximum absolute atomic E-state index is 10.0. The van der Waals surface area contributed by atoms with Crippen LogP contribution in [-0.2, 0) is 0 Å². The molecule has 0 spiro atoms.